The molecule has 0 saturated heterocycles. The molecule has 0 aliphatic carbocycles. The predicted molar refractivity (Wildman–Crippen MR) is 40.0 cm³/mol. The first-order valence-corrected chi connectivity index (χ1v) is 3.31. The number of halogens is 2. The molecular weight excluding hydrogens is 265 g/mol. The minimum Gasteiger partial charge on any atom is -0.477 e. The van der Waals surface area contributed by atoms with E-state index in [-0.39, 0.29) is 19.5 Å². The molecule has 15 heavy (non-hydrogen) atoms. The number of rotatable bonds is 2. The van der Waals surface area contributed by atoms with E-state index in [1.807, 2.05) is 0 Å². The van der Waals surface area contributed by atoms with E-state index in [2.05, 4.69) is 0 Å². The second-order valence-electron chi connectivity index (χ2n) is 2.32. The van der Waals surface area contributed by atoms with Crippen LogP contribution in [0.4, 0.5) is 14.5 Å². The molecule has 1 aromatic rings. The fourth-order valence-electron chi connectivity index (χ4n) is 0.879. The van der Waals surface area contributed by atoms with E-state index >= 15 is 0 Å². The van der Waals surface area contributed by atoms with Gasteiger partial charge in [-0.15, -0.1) is 0 Å². The largest absolute Gasteiger partial charge is 0.477 e. The van der Waals surface area contributed by atoms with Crippen molar-refractivity contribution in [3.63, 3.8) is 0 Å². The Morgan fingerprint density at radius 1 is 1.40 bits per heavy atom. The van der Waals surface area contributed by atoms with E-state index in [0.717, 1.165) is 0 Å². The van der Waals surface area contributed by atoms with Gasteiger partial charge in [-0.3, -0.25) is 10.1 Å². The quantitative estimate of drug-likeness (QED) is 0.501. The Labute approximate surface area is 94.6 Å². The summed E-state index contributed by atoms with van der Waals surface area (Å²) in [5.74, 6) is -4.91. The summed E-state index contributed by atoms with van der Waals surface area (Å²) in [6.45, 7) is 0. The number of carboxylic acids is 1. The van der Waals surface area contributed by atoms with Crippen LogP contribution in [0.2, 0.25) is 0 Å². The molecule has 0 bridgehead atoms. The van der Waals surface area contributed by atoms with Gasteiger partial charge in [0.1, 0.15) is 11.4 Å². The van der Waals surface area contributed by atoms with Crippen LogP contribution in [0.3, 0.4) is 0 Å². The third-order valence-electron chi connectivity index (χ3n) is 1.48. The Bertz CT molecular complexity index is 424. The van der Waals surface area contributed by atoms with E-state index in [0.29, 0.717) is 12.1 Å². The van der Waals surface area contributed by atoms with Crippen molar-refractivity contribution in [2.24, 2.45) is 0 Å². The normalized spacial score (nSPS) is 9.20. The number of nitro groups is 1. The number of benzene rings is 1. The van der Waals surface area contributed by atoms with Crippen molar-refractivity contribution in [1.82, 2.24) is 0 Å². The summed E-state index contributed by atoms with van der Waals surface area (Å²) in [6, 6.07) is 1.10. The fraction of sp³-hybridized carbons (Fsp3) is 0. The maximum Gasteiger partial charge on any atom is 0.341 e. The van der Waals surface area contributed by atoms with Crippen LogP contribution in [0, 0.1) is 21.7 Å². The van der Waals surface area contributed by atoms with Gasteiger partial charge in [0.15, 0.2) is 0 Å². The topological polar surface area (TPSA) is 80.4 Å². The van der Waals surface area contributed by atoms with Gasteiger partial charge in [-0.25, -0.2) is 9.18 Å². The second-order valence-corrected chi connectivity index (χ2v) is 2.32. The van der Waals surface area contributed by atoms with Crippen LogP contribution >= 0.6 is 0 Å². The molecule has 0 unspecified atom stereocenters. The van der Waals surface area contributed by atoms with Crippen LogP contribution < -0.4 is 0 Å². The van der Waals surface area contributed by atoms with Crippen LogP contribution in [-0.2, 0) is 19.5 Å². The Morgan fingerprint density at radius 3 is 2.33 bits per heavy atom. The average Bonchev–Trinajstić information content (AvgIpc) is 2.02. The second kappa shape index (κ2) is 4.88. The van der Waals surface area contributed by atoms with Crippen molar-refractivity contribution in [1.29, 1.82) is 0 Å². The third-order valence-corrected chi connectivity index (χ3v) is 1.48. The number of aromatic carboxylic acids is 1. The van der Waals surface area contributed by atoms with Crippen LogP contribution in [-0.4, -0.2) is 16.0 Å². The zero-order chi connectivity index (χ0) is 10.9. The molecule has 1 N–H and O–H groups in total. The number of nitrogens with zero attached hydrogens (tertiary/aromatic N) is 1. The van der Waals surface area contributed by atoms with E-state index in [1.165, 1.54) is 0 Å². The summed E-state index contributed by atoms with van der Waals surface area (Å²) in [4.78, 5) is 19.3. The van der Waals surface area contributed by atoms with E-state index in [1.54, 1.807) is 0 Å². The zero-order valence-electron chi connectivity index (χ0n) is 7.24. The molecule has 0 radical (unpaired) electrons. The molecule has 76 valence electrons. The Kier molecular flexibility index (Phi) is 4.42. The Morgan fingerprint density at radius 2 is 1.93 bits per heavy atom. The van der Waals surface area contributed by atoms with Crippen molar-refractivity contribution >= 4 is 11.7 Å². The van der Waals surface area contributed by atoms with E-state index in [4.69, 9.17) is 5.11 Å². The smallest absolute Gasteiger partial charge is 0.341 e. The maximum absolute atomic E-state index is 13.0. The molecule has 0 heterocycles. The van der Waals surface area contributed by atoms with Crippen molar-refractivity contribution in [3.05, 3.63) is 39.4 Å². The minimum atomic E-state index is -1.89. The molecule has 1 aromatic carbocycles. The van der Waals surface area contributed by atoms with Crippen LogP contribution in [0.1, 0.15) is 10.4 Å². The first-order valence-electron chi connectivity index (χ1n) is 3.31. The van der Waals surface area contributed by atoms with Gasteiger partial charge in [0.25, 0.3) is 0 Å². The van der Waals surface area contributed by atoms with Gasteiger partial charge >= 0.3 is 11.7 Å². The molecular formula is C7H3F2NO4Zn. The van der Waals surface area contributed by atoms with E-state index < -0.39 is 33.8 Å². The Hall–Kier alpha value is -1.43. The molecule has 0 amide bonds. The molecule has 0 aliphatic heterocycles. The number of nitro benzene ring substituents is 1. The van der Waals surface area contributed by atoms with Crippen LogP contribution in [0.15, 0.2) is 12.1 Å². The number of hydrogen-bond acceptors (Lipinski definition) is 3. The van der Waals surface area contributed by atoms with Crippen molar-refractivity contribution in [3.8, 4) is 0 Å². The monoisotopic (exact) mass is 267 g/mol. The van der Waals surface area contributed by atoms with Crippen LogP contribution in [0.25, 0.3) is 0 Å². The summed E-state index contributed by atoms with van der Waals surface area (Å²) < 4.78 is 25.7. The molecule has 0 spiro atoms. The first kappa shape index (κ1) is 13.6. The molecule has 0 fully saturated rings. The maximum atomic E-state index is 13.0. The molecule has 8 heteroatoms. The zero-order valence-corrected chi connectivity index (χ0v) is 10.2. The number of hydrogen-bond donors (Lipinski definition) is 1. The van der Waals surface area contributed by atoms with Gasteiger partial charge in [-0.2, -0.15) is 4.39 Å². The first-order chi connectivity index (χ1) is 6.45. The van der Waals surface area contributed by atoms with Gasteiger partial charge in [0.2, 0.25) is 5.82 Å². The summed E-state index contributed by atoms with van der Waals surface area (Å²) in [5, 5.41) is 18.5. The summed E-state index contributed by atoms with van der Waals surface area (Å²) in [5.41, 5.74) is -2.39. The summed E-state index contributed by atoms with van der Waals surface area (Å²) >= 11 is 0. The van der Waals surface area contributed by atoms with Crippen molar-refractivity contribution in [2.75, 3.05) is 0 Å². The molecule has 5 nitrogen and oxygen atoms in total. The van der Waals surface area contributed by atoms with Gasteiger partial charge in [-0.1, -0.05) is 0 Å². The molecule has 0 aromatic heterocycles. The van der Waals surface area contributed by atoms with Crippen molar-refractivity contribution in [2.45, 2.75) is 0 Å². The van der Waals surface area contributed by atoms with Gasteiger partial charge < -0.3 is 5.11 Å². The summed E-state index contributed by atoms with van der Waals surface area (Å²) in [6.07, 6.45) is 0. The SMILES string of the molecule is O=C(O)c1c(F)ccc([N+](=O)[O-])c1F.[Zn]. The molecule has 1 rings (SSSR count). The van der Waals surface area contributed by atoms with Gasteiger partial charge in [0.05, 0.1) is 4.92 Å². The minimum absolute atomic E-state index is 0. The number of carboxylic acid groups (broad SMARTS) is 1. The van der Waals surface area contributed by atoms with Gasteiger partial charge in [-0.05, 0) is 6.07 Å². The number of carbonyl (C=O) groups is 1. The molecule has 0 atom stereocenters. The van der Waals surface area contributed by atoms with Crippen molar-refractivity contribution < 1.29 is 43.1 Å². The molecule has 0 aliphatic rings. The van der Waals surface area contributed by atoms with Gasteiger partial charge in [0, 0.05) is 25.5 Å². The summed E-state index contributed by atoms with van der Waals surface area (Å²) in [7, 11) is 0. The Balaban J connectivity index is 0.00000196. The predicted octanol–water partition coefficient (Wildman–Crippen LogP) is 1.57. The third kappa shape index (κ3) is 2.53. The fourth-order valence-corrected chi connectivity index (χ4v) is 0.879. The van der Waals surface area contributed by atoms with Crippen LogP contribution in [0.5, 0.6) is 0 Å². The average molecular weight is 268 g/mol. The standard InChI is InChI=1S/C7H3F2NO4.Zn/c8-3-1-2-4(10(13)14)6(9)5(3)7(11)12;/h1-2H,(H,11,12);. The van der Waals surface area contributed by atoms with E-state index in [9.17, 15) is 23.7 Å². The molecule has 0 saturated carbocycles.